The lowest BCUT2D eigenvalue weighted by Crippen LogP contribution is -2.37. The molecule has 0 amide bonds. The Hall–Kier alpha value is -0.160. The van der Waals surface area contributed by atoms with Gasteiger partial charge in [-0.3, -0.25) is 0 Å². The van der Waals surface area contributed by atoms with E-state index in [1.807, 2.05) is 33.1 Å². The van der Waals surface area contributed by atoms with Crippen LogP contribution < -0.4 is 5.73 Å². The minimum atomic E-state index is -0.167. The van der Waals surface area contributed by atoms with E-state index < -0.39 is 0 Å². The Labute approximate surface area is 75.3 Å². The Kier molecular flexibility index (Phi) is 6.28. The van der Waals surface area contributed by atoms with Crippen molar-refractivity contribution in [2.75, 3.05) is 47.9 Å². The Morgan fingerprint density at radius 2 is 1.75 bits per heavy atom. The van der Waals surface area contributed by atoms with Gasteiger partial charge in [-0.05, 0) is 28.2 Å². The maximum atomic E-state index is 5.68. The van der Waals surface area contributed by atoms with Crippen molar-refractivity contribution in [2.45, 2.75) is 6.23 Å². The second kappa shape index (κ2) is 6.37. The third kappa shape index (κ3) is 7.94. The summed E-state index contributed by atoms with van der Waals surface area (Å²) < 4.78 is 5.36. The molecule has 4 nitrogen and oxygen atoms in total. The molecule has 4 heteroatoms. The highest BCUT2D eigenvalue weighted by Gasteiger charge is 2.02. The molecule has 0 spiro atoms. The minimum absolute atomic E-state index is 0.167. The Morgan fingerprint density at radius 1 is 1.17 bits per heavy atom. The number of nitrogens with two attached hydrogens (primary N) is 1. The highest BCUT2D eigenvalue weighted by molar-refractivity contribution is 4.52. The second-order valence-corrected chi connectivity index (χ2v) is 3.47. The molecule has 0 aliphatic rings. The molecule has 0 rings (SSSR count). The largest absolute Gasteiger partial charge is 0.361 e. The van der Waals surface area contributed by atoms with Gasteiger partial charge in [0.25, 0.3) is 0 Å². The van der Waals surface area contributed by atoms with Crippen LogP contribution in [0.1, 0.15) is 0 Å². The second-order valence-electron chi connectivity index (χ2n) is 3.47. The van der Waals surface area contributed by atoms with Gasteiger partial charge in [-0.25, -0.2) is 0 Å². The van der Waals surface area contributed by atoms with Crippen LogP contribution in [0.15, 0.2) is 0 Å². The first-order valence-corrected chi connectivity index (χ1v) is 4.19. The summed E-state index contributed by atoms with van der Waals surface area (Å²) in [6.45, 7) is 2.39. The zero-order valence-corrected chi connectivity index (χ0v) is 8.58. The maximum Gasteiger partial charge on any atom is 0.118 e. The third-order valence-corrected chi connectivity index (χ3v) is 1.42. The van der Waals surface area contributed by atoms with E-state index in [4.69, 9.17) is 10.5 Å². The molecular formula is C8H21N3O. The van der Waals surface area contributed by atoms with E-state index in [1.54, 1.807) is 0 Å². The van der Waals surface area contributed by atoms with Crippen LogP contribution in [0.5, 0.6) is 0 Å². The minimum Gasteiger partial charge on any atom is -0.361 e. The predicted octanol–water partition coefficient (Wildman–Crippen LogP) is -0.589. The Morgan fingerprint density at radius 3 is 2.17 bits per heavy atom. The zero-order chi connectivity index (χ0) is 9.56. The molecule has 0 radical (unpaired) electrons. The van der Waals surface area contributed by atoms with E-state index in [-0.39, 0.29) is 6.23 Å². The molecule has 1 atom stereocenters. The lowest BCUT2D eigenvalue weighted by molar-refractivity contribution is 0.0326. The highest BCUT2D eigenvalue weighted by atomic mass is 16.5. The van der Waals surface area contributed by atoms with Gasteiger partial charge in [-0.2, -0.15) is 0 Å². The maximum absolute atomic E-state index is 5.68. The summed E-state index contributed by atoms with van der Waals surface area (Å²) in [7, 11) is 7.99. The van der Waals surface area contributed by atoms with Crippen LogP contribution >= 0.6 is 0 Å². The fourth-order valence-electron chi connectivity index (χ4n) is 0.799. The molecule has 1 unspecified atom stereocenters. The quantitative estimate of drug-likeness (QED) is 0.548. The number of rotatable bonds is 6. The van der Waals surface area contributed by atoms with Gasteiger partial charge in [0.05, 0.1) is 6.61 Å². The van der Waals surface area contributed by atoms with Crippen molar-refractivity contribution in [1.29, 1.82) is 0 Å². The molecule has 0 saturated carbocycles. The molecule has 0 heterocycles. The normalized spacial score (nSPS) is 14.2. The number of hydrogen-bond donors (Lipinski definition) is 1. The lowest BCUT2D eigenvalue weighted by atomic mass is 10.5. The molecule has 0 aromatic carbocycles. The van der Waals surface area contributed by atoms with Gasteiger partial charge in [0.1, 0.15) is 6.23 Å². The van der Waals surface area contributed by atoms with Crippen molar-refractivity contribution in [1.82, 2.24) is 9.80 Å². The van der Waals surface area contributed by atoms with Gasteiger partial charge in [0.2, 0.25) is 0 Å². The van der Waals surface area contributed by atoms with Crippen LogP contribution in [0, 0.1) is 0 Å². The van der Waals surface area contributed by atoms with E-state index >= 15 is 0 Å². The summed E-state index contributed by atoms with van der Waals surface area (Å²) in [5, 5.41) is 0. The van der Waals surface area contributed by atoms with Crippen molar-refractivity contribution < 1.29 is 4.74 Å². The van der Waals surface area contributed by atoms with E-state index in [0.717, 1.165) is 13.1 Å². The average Bonchev–Trinajstić information content (AvgIpc) is 1.84. The molecule has 0 fully saturated rings. The van der Waals surface area contributed by atoms with Crippen LogP contribution in [-0.2, 0) is 4.74 Å². The van der Waals surface area contributed by atoms with E-state index in [2.05, 4.69) is 4.90 Å². The molecule has 74 valence electrons. The van der Waals surface area contributed by atoms with Crippen molar-refractivity contribution in [3.8, 4) is 0 Å². The molecule has 12 heavy (non-hydrogen) atoms. The van der Waals surface area contributed by atoms with Crippen molar-refractivity contribution in [3.05, 3.63) is 0 Å². The molecule has 0 aromatic heterocycles. The molecular weight excluding hydrogens is 154 g/mol. The first-order chi connectivity index (χ1) is 5.52. The fourth-order valence-corrected chi connectivity index (χ4v) is 0.799. The topological polar surface area (TPSA) is 41.7 Å². The van der Waals surface area contributed by atoms with E-state index in [0.29, 0.717) is 6.61 Å². The van der Waals surface area contributed by atoms with Crippen LogP contribution in [-0.4, -0.2) is 63.9 Å². The highest BCUT2D eigenvalue weighted by Crippen LogP contribution is 1.86. The van der Waals surface area contributed by atoms with Crippen LogP contribution in [0.4, 0.5) is 0 Å². The summed E-state index contributed by atoms with van der Waals surface area (Å²) in [6, 6.07) is 0. The summed E-state index contributed by atoms with van der Waals surface area (Å²) in [5.74, 6) is 0. The summed E-state index contributed by atoms with van der Waals surface area (Å²) in [4.78, 5) is 4.09. The lowest BCUT2D eigenvalue weighted by Gasteiger charge is -2.18. The van der Waals surface area contributed by atoms with Crippen LogP contribution in [0.3, 0.4) is 0 Å². The third-order valence-electron chi connectivity index (χ3n) is 1.42. The SMILES string of the molecule is CN(C)CCOC(N)CN(C)C. The van der Waals surface area contributed by atoms with Crippen molar-refractivity contribution >= 4 is 0 Å². The van der Waals surface area contributed by atoms with Crippen molar-refractivity contribution in [2.24, 2.45) is 5.73 Å². The first-order valence-electron chi connectivity index (χ1n) is 4.19. The number of nitrogens with zero attached hydrogens (tertiary/aromatic N) is 2. The van der Waals surface area contributed by atoms with Gasteiger partial charge in [0.15, 0.2) is 0 Å². The van der Waals surface area contributed by atoms with Gasteiger partial charge in [-0.1, -0.05) is 0 Å². The molecule has 0 bridgehead atoms. The first kappa shape index (κ1) is 11.8. The molecule has 2 N–H and O–H groups in total. The van der Waals surface area contributed by atoms with Gasteiger partial charge >= 0.3 is 0 Å². The standard InChI is InChI=1S/C8H21N3O/c1-10(2)5-6-12-8(9)7-11(3)4/h8H,5-7,9H2,1-4H3. The summed E-state index contributed by atoms with van der Waals surface area (Å²) >= 11 is 0. The Balaban J connectivity index is 3.25. The predicted molar refractivity (Wildman–Crippen MR) is 51.0 cm³/mol. The summed E-state index contributed by atoms with van der Waals surface area (Å²) in [6.07, 6.45) is -0.167. The smallest absolute Gasteiger partial charge is 0.118 e. The molecule has 0 saturated heterocycles. The van der Waals surface area contributed by atoms with Crippen LogP contribution in [0.25, 0.3) is 0 Å². The zero-order valence-electron chi connectivity index (χ0n) is 8.58. The Bertz CT molecular complexity index is 106. The van der Waals surface area contributed by atoms with Gasteiger partial charge in [-0.15, -0.1) is 0 Å². The monoisotopic (exact) mass is 175 g/mol. The number of likely N-dealkylation sites (N-methyl/N-ethyl adjacent to an activating group) is 2. The summed E-state index contributed by atoms with van der Waals surface area (Å²) in [5.41, 5.74) is 5.68. The molecule has 0 aromatic rings. The number of ether oxygens (including phenoxy) is 1. The van der Waals surface area contributed by atoms with Crippen molar-refractivity contribution in [3.63, 3.8) is 0 Å². The molecule has 0 aliphatic carbocycles. The van der Waals surface area contributed by atoms with E-state index in [1.165, 1.54) is 0 Å². The van der Waals surface area contributed by atoms with Gasteiger partial charge in [0, 0.05) is 13.1 Å². The van der Waals surface area contributed by atoms with Crippen LogP contribution in [0.2, 0.25) is 0 Å². The fraction of sp³-hybridized carbons (Fsp3) is 1.00. The molecule has 0 aliphatic heterocycles. The number of hydrogen-bond acceptors (Lipinski definition) is 4. The average molecular weight is 175 g/mol. The van der Waals surface area contributed by atoms with Gasteiger partial charge < -0.3 is 20.3 Å². The van der Waals surface area contributed by atoms with E-state index in [9.17, 15) is 0 Å².